The lowest BCUT2D eigenvalue weighted by molar-refractivity contribution is 0.390. The highest BCUT2D eigenvalue weighted by Crippen LogP contribution is 2.37. The highest BCUT2D eigenvalue weighted by atomic mass is 32.2. The van der Waals surface area contributed by atoms with Crippen LogP contribution in [0.1, 0.15) is 37.0 Å². The van der Waals surface area contributed by atoms with Gasteiger partial charge in [0.15, 0.2) is 27.3 Å². The first-order valence-corrected chi connectivity index (χ1v) is 13.1. The molecular formula is C25H27FN6O4S. The van der Waals surface area contributed by atoms with E-state index >= 15 is 0 Å². The molecule has 4 rings (SSSR count). The fourth-order valence-corrected chi connectivity index (χ4v) is 5.50. The summed E-state index contributed by atoms with van der Waals surface area (Å²) < 4.78 is 53.3. The van der Waals surface area contributed by atoms with Crippen LogP contribution in [0.25, 0.3) is 17.1 Å². The molecule has 0 aliphatic heterocycles. The van der Waals surface area contributed by atoms with Gasteiger partial charge in [0, 0.05) is 23.9 Å². The van der Waals surface area contributed by atoms with Gasteiger partial charge in [-0.1, -0.05) is 13.0 Å². The first-order valence-electron chi connectivity index (χ1n) is 11.4. The second-order valence-electron chi connectivity index (χ2n) is 8.60. The minimum atomic E-state index is -3.81. The molecule has 0 radical (unpaired) electrons. The molecule has 4 aromatic rings. The van der Waals surface area contributed by atoms with Gasteiger partial charge in [-0.3, -0.25) is 9.55 Å². The minimum Gasteiger partial charge on any atom is -0.494 e. The first kappa shape index (κ1) is 26.1. The van der Waals surface area contributed by atoms with Crippen LogP contribution in [0.2, 0.25) is 0 Å². The van der Waals surface area contributed by atoms with Crippen LogP contribution in [0.15, 0.2) is 49.1 Å². The van der Waals surface area contributed by atoms with Crippen molar-refractivity contribution < 1.29 is 22.3 Å². The van der Waals surface area contributed by atoms with Gasteiger partial charge in [0.2, 0.25) is 0 Å². The molecule has 0 aliphatic rings. The highest BCUT2D eigenvalue weighted by Gasteiger charge is 2.33. The van der Waals surface area contributed by atoms with Gasteiger partial charge < -0.3 is 9.47 Å². The molecule has 10 nitrogen and oxygen atoms in total. The van der Waals surface area contributed by atoms with Crippen molar-refractivity contribution in [1.29, 1.82) is 0 Å². The number of para-hydroxylation sites is 1. The number of benzene rings is 1. The summed E-state index contributed by atoms with van der Waals surface area (Å²) in [4.78, 5) is 12.2. The van der Waals surface area contributed by atoms with Crippen molar-refractivity contribution in [3.63, 3.8) is 0 Å². The summed E-state index contributed by atoms with van der Waals surface area (Å²) in [5, 5.41) is 7.72. The number of rotatable bonds is 9. The van der Waals surface area contributed by atoms with Crippen LogP contribution in [-0.2, 0) is 15.6 Å². The molecule has 1 aromatic carbocycles. The second-order valence-corrected chi connectivity index (χ2v) is 11.0. The van der Waals surface area contributed by atoms with E-state index in [1.807, 2.05) is 13.0 Å². The molecule has 0 amide bonds. The lowest BCUT2D eigenvalue weighted by Crippen LogP contribution is -2.27. The fraction of sp³-hybridized carbons (Fsp3) is 0.320. The summed E-state index contributed by atoms with van der Waals surface area (Å²) in [5.74, 6) is 0.0444. The van der Waals surface area contributed by atoms with Gasteiger partial charge in [-0.2, -0.15) is 0 Å². The average molecular weight is 527 g/mol. The maximum absolute atomic E-state index is 13.6. The van der Waals surface area contributed by atoms with Gasteiger partial charge in [-0.05, 0) is 37.6 Å². The third-order valence-corrected chi connectivity index (χ3v) is 8.34. The predicted molar refractivity (Wildman–Crippen MR) is 135 cm³/mol. The van der Waals surface area contributed by atoms with Gasteiger partial charge in [0.05, 0.1) is 31.9 Å². The van der Waals surface area contributed by atoms with Crippen LogP contribution in [0.3, 0.4) is 0 Å². The van der Waals surface area contributed by atoms with E-state index in [2.05, 4.69) is 25.1 Å². The molecule has 37 heavy (non-hydrogen) atoms. The minimum absolute atomic E-state index is 0.165. The van der Waals surface area contributed by atoms with Crippen molar-refractivity contribution in [2.24, 2.45) is 0 Å². The van der Waals surface area contributed by atoms with Crippen LogP contribution in [0, 0.1) is 12.7 Å². The lowest BCUT2D eigenvalue weighted by Gasteiger charge is -2.20. The monoisotopic (exact) mass is 526 g/mol. The van der Waals surface area contributed by atoms with Gasteiger partial charge in [0.1, 0.15) is 28.8 Å². The van der Waals surface area contributed by atoms with E-state index in [0.717, 1.165) is 18.0 Å². The van der Waals surface area contributed by atoms with Gasteiger partial charge in [-0.25, -0.2) is 22.8 Å². The molecule has 3 heterocycles. The summed E-state index contributed by atoms with van der Waals surface area (Å²) in [6.07, 6.45) is 5.37. The maximum Gasteiger partial charge on any atom is 0.170 e. The first-order chi connectivity index (χ1) is 17.7. The van der Waals surface area contributed by atoms with Gasteiger partial charge >= 0.3 is 0 Å². The van der Waals surface area contributed by atoms with E-state index in [0.29, 0.717) is 28.6 Å². The standard InChI is InChI=1S/C25H27FN6O4S/c1-15-9-18(11-27-10-15)25-31-30-22(32(25)23-20(35-4)7-6-8-21(23)36-5)14-37(33,34)17(3)16(2)24-28-12-19(26)13-29-24/h6-13,16-17H,14H2,1-5H3/t16-,17+/m0/s1. The SMILES string of the molecule is COc1cccc(OC)c1-n1c(CS(=O)(=O)[C@H](C)[C@H](C)c2ncc(F)cn2)nnc1-c1cncc(C)c1. The number of aromatic nitrogens is 6. The summed E-state index contributed by atoms with van der Waals surface area (Å²) in [6, 6.07) is 7.13. The Morgan fingerprint density at radius 2 is 1.65 bits per heavy atom. The van der Waals surface area contributed by atoms with Crippen LogP contribution < -0.4 is 9.47 Å². The van der Waals surface area contributed by atoms with E-state index in [4.69, 9.17) is 9.47 Å². The number of pyridine rings is 1. The summed E-state index contributed by atoms with van der Waals surface area (Å²) in [6.45, 7) is 5.16. The Kier molecular flexibility index (Phi) is 7.48. The summed E-state index contributed by atoms with van der Waals surface area (Å²) in [5.41, 5.74) is 2.00. The smallest absolute Gasteiger partial charge is 0.170 e. The predicted octanol–water partition coefficient (Wildman–Crippen LogP) is 3.69. The molecule has 0 saturated heterocycles. The fourth-order valence-electron chi connectivity index (χ4n) is 3.95. The molecule has 194 valence electrons. The normalized spacial score (nSPS) is 13.2. The van der Waals surface area contributed by atoms with E-state index in [1.54, 1.807) is 49.0 Å². The molecule has 0 fully saturated rings. The van der Waals surface area contributed by atoms with E-state index in [-0.39, 0.29) is 11.6 Å². The number of nitrogens with zero attached hydrogens (tertiary/aromatic N) is 6. The van der Waals surface area contributed by atoms with Crippen LogP contribution in [0.4, 0.5) is 4.39 Å². The number of hydrogen-bond acceptors (Lipinski definition) is 9. The number of sulfone groups is 1. The third kappa shape index (κ3) is 5.29. The number of aryl methyl sites for hydroxylation is 1. The van der Waals surface area contributed by atoms with Gasteiger partial charge in [0.25, 0.3) is 0 Å². The van der Waals surface area contributed by atoms with Crippen molar-refractivity contribution >= 4 is 9.84 Å². The largest absolute Gasteiger partial charge is 0.494 e. The molecule has 0 N–H and O–H groups in total. The molecule has 0 spiro atoms. The zero-order valence-corrected chi connectivity index (χ0v) is 21.9. The van der Waals surface area contributed by atoms with Crippen LogP contribution in [-0.4, -0.2) is 57.6 Å². The molecule has 0 bridgehead atoms. The van der Waals surface area contributed by atoms with Gasteiger partial charge in [-0.15, -0.1) is 10.2 Å². The van der Waals surface area contributed by atoms with Crippen molar-refractivity contribution in [2.75, 3.05) is 14.2 Å². The topological polar surface area (TPSA) is 122 Å². The summed E-state index contributed by atoms with van der Waals surface area (Å²) in [7, 11) is -0.785. The van der Waals surface area contributed by atoms with Crippen molar-refractivity contribution in [2.45, 2.75) is 37.7 Å². The zero-order chi connectivity index (χ0) is 26.7. The highest BCUT2D eigenvalue weighted by molar-refractivity contribution is 7.91. The Hall–Kier alpha value is -3.93. The quantitative estimate of drug-likeness (QED) is 0.321. The van der Waals surface area contributed by atoms with Crippen molar-refractivity contribution in [3.8, 4) is 28.6 Å². The average Bonchev–Trinajstić information content (AvgIpc) is 3.29. The number of methoxy groups -OCH3 is 2. The van der Waals surface area contributed by atoms with E-state index in [1.165, 1.54) is 14.2 Å². The third-order valence-electron chi connectivity index (χ3n) is 6.14. The maximum atomic E-state index is 13.6. The van der Waals surface area contributed by atoms with Crippen LogP contribution >= 0.6 is 0 Å². The Balaban J connectivity index is 1.83. The Morgan fingerprint density at radius 3 is 2.24 bits per heavy atom. The zero-order valence-electron chi connectivity index (χ0n) is 21.1. The Bertz CT molecular complexity index is 1490. The second kappa shape index (κ2) is 10.6. The molecular weight excluding hydrogens is 499 g/mol. The Morgan fingerprint density at radius 1 is 1.00 bits per heavy atom. The summed E-state index contributed by atoms with van der Waals surface area (Å²) >= 11 is 0. The van der Waals surface area contributed by atoms with Crippen molar-refractivity contribution in [1.82, 2.24) is 29.7 Å². The van der Waals surface area contributed by atoms with E-state index in [9.17, 15) is 12.8 Å². The molecule has 0 saturated carbocycles. The number of halogens is 1. The number of hydrogen-bond donors (Lipinski definition) is 0. The molecule has 3 aromatic heterocycles. The molecule has 2 atom stereocenters. The van der Waals surface area contributed by atoms with E-state index < -0.39 is 32.6 Å². The lowest BCUT2D eigenvalue weighted by atomic mass is 10.1. The Labute approximate surface area is 214 Å². The van der Waals surface area contributed by atoms with Crippen molar-refractivity contribution in [3.05, 3.63) is 72.1 Å². The molecule has 0 aliphatic carbocycles. The molecule has 12 heteroatoms. The van der Waals surface area contributed by atoms with Crippen LogP contribution in [0.5, 0.6) is 11.5 Å². The molecule has 0 unspecified atom stereocenters. The number of ether oxygens (including phenoxy) is 2.